The summed E-state index contributed by atoms with van der Waals surface area (Å²) in [6.07, 6.45) is 8.98. The number of carbonyl (C=O) groups is 1. The van der Waals surface area contributed by atoms with Gasteiger partial charge in [-0.05, 0) is 25.0 Å². The summed E-state index contributed by atoms with van der Waals surface area (Å²) in [4.78, 5) is 22.8. The minimum atomic E-state index is -0.0812. The van der Waals surface area contributed by atoms with Gasteiger partial charge in [-0.2, -0.15) is 0 Å². The number of aryl methyl sites for hydroxylation is 1. The summed E-state index contributed by atoms with van der Waals surface area (Å²) in [5, 5.41) is 3.94. The van der Waals surface area contributed by atoms with Crippen LogP contribution in [0.5, 0.6) is 0 Å². The Morgan fingerprint density at radius 3 is 2.76 bits per heavy atom. The lowest BCUT2D eigenvalue weighted by molar-refractivity contribution is 0.0701. The van der Waals surface area contributed by atoms with Crippen LogP contribution >= 0.6 is 0 Å². The van der Waals surface area contributed by atoms with Gasteiger partial charge in [-0.1, -0.05) is 5.16 Å². The highest BCUT2D eigenvalue weighted by molar-refractivity contribution is 5.93. The van der Waals surface area contributed by atoms with Crippen molar-refractivity contribution in [2.75, 3.05) is 13.1 Å². The molecule has 1 saturated heterocycles. The lowest BCUT2D eigenvalue weighted by atomic mass is 9.93. The molecule has 3 aromatic heterocycles. The van der Waals surface area contributed by atoms with E-state index in [9.17, 15) is 4.79 Å². The average Bonchev–Trinajstić information content (AvgIpc) is 3.31. The number of pyridine rings is 1. The van der Waals surface area contributed by atoms with Crippen molar-refractivity contribution in [2.24, 2.45) is 7.05 Å². The second-order valence-electron chi connectivity index (χ2n) is 6.31. The van der Waals surface area contributed by atoms with Gasteiger partial charge in [0.1, 0.15) is 0 Å². The topological polar surface area (TPSA) is 77.0 Å². The molecule has 1 fully saturated rings. The Morgan fingerprint density at radius 2 is 2.08 bits per heavy atom. The first kappa shape index (κ1) is 15.6. The van der Waals surface area contributed by atoms with Crippen LogP contribution in [0.15, 0.2) is 47.6 Å². The molecule has 25 heavy (non-hydrogen) atoms. The van der Waals surface area contributed by atoms with Crippen LogP contribution in [0.1, 0.15) is 34.9 Å². The fraction of sp³-hybridized carbons (Fsp3) is 0.333. The fourth-order valence-electron chi connectivity index (χ4n) is 3.32. The number of piperidine rings is 1. The molecule has 7 nitrogen and oxygen atoms in total. The molecule has 0 radical (unpaired) electrons. The van der Waals surface area contributed by atoms with Crippen molar-refractivity contribution in [3.05, 3.63) is 54.5 Å². The highest BCUT2D eigenvalue weighted by Gasteiger charge is 2.27. The maximum Gasteiger partial charge on any atom is 0.276 e. The van der Waals surface area contributed by atoms with Gasteiger partial charge in [0.2, 0.25) is 0 Å². The van der Waals surface area contributed by atoms with Crippen LogP contribution in [0.25, 0.3) is 11.3 Å². The monoisotopic (exact) mass is 337 g/mol. The maximum atomic E-state index is 12.7. The smallest absolute Gasteiger partial charge is 0.276 e. The van der Waals surface area contributed by atoms with E-state index >= 15 is 0 Å². The van der Waals surface area contributed by atoms with E-state index < -0.39 is 0 Å². The van der Waals surface area contributed by atoms with E-state index in [0.29, 0.717) is 30.5 Å². The second-order valence-corrected chi connectivity index (χ2v) is 6.31. The lowest BCUT2D eigenvalue weighted by Crippen LogP contribution is -2.38. The van der Waals surface area contributed by atoms with Crippen molar-refractivity contribution in [1.29, 1.82) is 0 Å². The van der Waals surface area contributed by atoms with E-state index in [1.807, 2.05) is 36.6 Å². The van der Waals surface area contributed by atoms with Crippen LogP contribution in [0, 0.1) is 0 Å². The summed E-state index contributed by atoms with van der Waals surface area (Å²) in [7, 11) is 2.01. The molecule has 1 aliphatic heterocycles. The number of carbonyl (C=O) groups excluding carboxylic acids is 1. The predicted molar refractivity (Wildman–Crippen MR) is 90.8 cm³/mol. The zero-order valence-electron chi connectivity index (χ0n) is 14.0. The van der Waals surface area contributed by atoms with Crippen LogP contribution in [0.3, 0.4) is 0 Å². The molecule has 0 bridgehead atoms. The van der Waals surface area contributed by atoms with Gasteiger partial charge in [-0.15, -0.1) is 0 Å². The summed E-state index contributed by atoms with van der Waals surface area (Å²) in [5.74, 6) is 0.920. The van der Waals surface area contributed by atoms with Crippen molar-refractivity contribution >= 4 is 5.91 Å². The molecule has 0 unspecified atom stereocenters. The Balaban J connectivity index is 1.43. The Hall–Kier alpha value is -2.96. The highest BCUT2D eigenvalue weighted by atomic mass is 16.5. The molecule has 128 valence electrons. The molecule has 3 aromatic rings. The standard InChI is InChI=1S/C18H19N5O2/c1-22-12-20-11-16(22)13-4-7-23(8-5-13)18(24)15-9-17(25-21-15)14-3-2-6-19-10-14/h2-3,6,9-13H,4-5,7-8H2,1H3. The van der Waals surface area contributed by atoms with Crippen LogP contribution in [-0.2, 0) is 7.05 Å². The molecule has 4 heterocycles. The van der Waals surface area contributed by atoms with E-state index in [2.05, 4.69) is 19.7 Å². The molecular weight excluding hydrogens is 318 g/mol. The number of rotatable bonds is 3. The van der Waals surface area contributed by atoms with Crippen LogP contribution in [0.2, 0.25) is 0 Å². The molecule has 0 aromatic carbocycles. The summed E-state index contributed by atoms with van der Waals surface area (Å²) in [6.45, 7) is 1.42. The fourth-order valence-corrected chi connectivity index (χ4v) is 3.32. The molecule has 0 aliphatic carbocycles. The third-order valence-electron chi connectivity index (χ3n) is 4.73. The molecule has 4 rings (SSSR count). The quantitative estimate of drug-likeness (QED) is 0.734. The molecule has 0 spiro atoms. The van der Waals surface area contributed by atoms with E-state index in [4.69, 9.17) is 4.52 Å². The van der Waals surface area contributed by atoms with Gasteiger partial charge in [0, 0.05) is 62.0 Å². The largest absolute Gasteiger partial charge is 0.355 e. The van der Waals surface area contributed by atoms with Gasteiger partial charge in [0.05, 0.1) is 6.33 Å². The van der Waals surface area contributed by atoms with Crippen molar-refractivity contribution in [1.82, 2.24) is 24.6 Å². The molecule has 1 aliphatic rings. The number of amides is 1. The lowest BCUT2D eigenvalue weighted by Gasteiger charge is -2.31. The Bertz CT molecular complexity index is 862. The van der Waals surface area contributed by atoms with Gasteiger partial charge in [-0.25, -0.2) is 4.98 Å². The second kappa shape index (κ2) is 6.51. The Kier molecular flexibility index (Phi) is 4.05. The van der Waals surface area contributed by atoms with Crippen LogP contribution < -0.4 is 0 Å². The molecule has 1 amide bonds. The van der Waals surface area contributed by atoms with Gasteiger partial charge >= 0.3 is 0 Å². The van der Waals surface area contributed by atoms with Gasteiger partial charge < -0.3 is 14.0 Å². The maximum absolute atomic E-state index is 12.7. The first-order valence-electron chi connectivity index (χ1n) is 8.35. The van der Waals surface area contributed by atoms with E-state index in [0.717, 1.165) is 18.4 Å². The SMILES string of the molecule is Cn1cncc1C1CCN(C(=O)c2cc(-c3cccnc3)on2)CC1. The minimum absolute atomic E-state index is 0.0812. The molecule has 0 N–H and O–H groups in total. The van der Waals surface area contributed by atoms with Crippen molar-refractivity contribution in [3.8, 4) is 11.3 Å². The number of likely N-dealkylation sites (tertiary alicyclic amines) is 1. The third-order valence-corrected chi connectivity index (χ3v) is 4.73. The van der Waals surface area contributed by atoms with Crippen molar-refractivity contribution < 1.29 is 9.32 Å². The van der Waals surface area contributed by atoms with E-state index in [-0.39, 0.29) is 5.91 Å². The normalized spacial score (nSPS) is 15.5. The van der Waals surface area contributed by atoms with Gasteiger partial charge in [0.25, 0.3) is 5.91 Å². The van der Waals surface area contributed by atoms with Crippen molar-refractivity contribution in [3.63, 3.8) is 0 Å². The first-order valence-corrected chi connectivity index (χ1v) is 8.35. The summed E-state index contributed by atoms with van der Waals surface area (Å²) in [6, 6.07) is 5.39. The van der Waals surface area contributed by atoms with E-state index in [1.54, 1.807) is 18.5 Å². The molecular formula is C18H19N5O2. The summed E-state index contributed by atoms with van der Waals surface area (Å²) >= 11 is 0. The van der Waals surface area contributed by atoms with Crippen LogP contribution in [0.4, 0.5) is 0 Å². The van der Waals surface area contributed by atoms with E-state index in [1.165, 1.54) is 5.69 Å². The third kappa shape index (κ3) is 3.05. The summed E-state index contributed by atoms with van der Waals surface area (Å²) in [5.41, 5.74) is 2.38. The number of hydrogen-bond acceptors (Lipinski definition) is 5. The number of nitrogens with zero attached hydrogens (tertiary/aromatic N) is 5. The molecule has 7 heteroatoms. The number of hydrogen-bond donors (Lipinski definition) is 0. The Morgan fingerprint density at radius 1 is 1.24 bits per heavy atom. The van der Waals surface area contributed by atoms with Gasteiger partial charge in [-0.3, -0.25) is 9.78 Å². The Labute approximate surface area is 145 Å². The molecule has 0 saturated carbocycles. The zero-order chi connectivity index (χ0) is 17.2. The van der Waals surface area contributed by atoms with Crippen molar-refractivity contribution in [2.45, 2.75) is 18.8 Å². The zero-order valence-corrected chi connectivity index (χ0v) is 14.0. The number of aromatic nitrogens is 4. The average molecular weight is 337 g/mol. The first-order chi connectivity index (χ1) is 12.2. The predicted octanol–water partition coefficient (Wildman–Crippen LogP) is 2.49. The highest BCUT2D eigenvalue weighted by Crippen LogP contribution is 2.28. The number of imidazole rings is 1. The van der Waals surface area contributed by atoms with Gasteiger partial charge in [0.15, 0.2) is 11.5 Å². The summed E-state index contributed by atoms with van der Waals surface area (Å²) < 4.78 is 7.36. The molecule has 0 atom stereocenters. The minimum Gasteiger partial charge on any atom is -0.355 e. The van der Waals surface area contributed by atoms with Crippen LogP contribution in [-0.4, -0.2) is 43.6 Å².